The Morgan fingerprint density at radius 3 is 2.48 bits per heavy atom. The smallest absolute Gasteiger partial charge is 0.308 e. The van der Waals surface area contributed by atoms with Gasteiger partial charge < -0.3 is 15.0 Å². The number of benzene rings is 2. The van der Waals surface area contributed by atoms with E-state index in [1.807, 2.05) is 31.2 Å². The van der Waals surface area contributed by atoms with Crippen LogP contribution in [-0.4, -0.2) is 41.8 Å². The second-order valence-electron chi connectivity index (χ2n) is 7.36. The van der Waals surface area contributed by atoms with E-state index in [0.717, 1.165) is 24.0 Å². The minimum absolute atomic E-state index is 0.0122. The van der Waals surface area contributed by atoms with Crippen LogP contribution in [0.4, 0.5) is 0 Å². The van der Waals surface area contributed by atoms with Crippen LogP contribution in [0.2, 0.25) is 0 Å². The summed E-state index contributed by atoms with van der Waals surface area (Å²) in [6.07, 6.45) is 1.80. The first-order valence-electron chi connectivity index (χ1n) is 9.84. The number of piperidine rings is 1. The molecule has 6 heteroatoms. The van der Waals surface area contributed by atoms with Crippen LogP contribution in [0.3, 0.4) is 0 Å². The molecule has 1 fully saturated rings. The van der Waals surface area contributed by atoms with Crippen molar-refractivity contribution in [2.45, 2.75) is 39.2 Å². The number of ether oxygens (including phenoxy) is 1. The Morgan fingerprint density at radius 2 is 1.79 bits per heavy atom. The fourth-order valence-corrected chi connectivity index (χ4v) is 3.53. The molecule has 2 aromatic carbocycles. The number of nitrogens with zero attached hydrogens (tertiary/aromatic N) is 1. The zero-order valence-electron chi connectivity index (χ0n) is 16.8. The minimum Gasteiger partial charge on any atom is -0.427 e. The number of carbonyl (C=O) groups is 3. The lowest BCUT2D eigenvalue weighted by atomic mass is 10.0. The van der Waals surface area contributed by atoms with Crippen molar-refractivity contribution in [3.8, 4) is 5.75 Å². The number of hydrogen-bond donors (Lipinski definition) is 1. The average Bonchev–Trinajstić information content (AvgIpc) is 2.69. The van der Waals surface area contributed by atoms with Gasteiger partial charge in [0.15, 0.2) is 0 Å². The number of amides is 2. The Morgan fingerprint density at radius 1 is 1.07 bits per heavy atom. The highest BCUT2D eigenvalue weighted by atomic mass is 16.5. The third-order valence-corrected chi connectivity index (χ3v) is 5.10. The van der Waals surface area contributed by atoms with E-state index in [0.29, 0.717) is 30.8 Å². The number of aryl methyl sites for hydroxylation is 1. The second-order valence-corrected chi connectivity index (χ2v) is 7.36. The highest BCUT2D eigenvalue weighted by molar-refractivity contribution is 5.94. The van der Waals surface area contributed by atoms with E-state index < -0.39 is 5.97 Å². The SMILES string of the molecule is CC(=O)Oc1cccc(C(=O)N2CCC(NC(=O)Cc3ccccc3C)CC2)c1. The van der Waals surface area contributed by atoms with Crippen LogP contribution in [-0.2, 0) is 16.0 Å². The number of carbonyl (C=O) groups excluding carboxylic acids is 3. The fourth-order valence-electron chi connectivity index (χ4n) is 3.53. The maximum atomic E-state index is 12.7. The van der Waals surface area contributed by atoms with Crippen molar-refractivity contribution < 1.29 is 19.1 Å². The molecule has 29 heavy (non-hydrogen) atoms. The highest BCUT2D eigenvalue weighted by Crippen LogP contribution is 2.18. The maximum Gasteiger partial charge on any atom is 0.308 e. The zero-order valence-corrected chi connectivity index (χ0v) is 16.8. The molecule has 0 aromatic heterocycles. The average molecular weight is 394 g/mol. The van der Waals surface area contributed by atoms with Gasteiger partial charge in [-0.15, -0.1) is 0 Å². The lowest BCUT2D eigenvalue weighted by Crippen LogP contribution is -2.46. The quantitative estimate of drug-likeness (QED) is 0.625. The van der Waals surface area contributed by atoms with E-state index in [2.05, 4.69) is 5.32 Å². The molecule has 0 bridgehead atoms. The number of hydrogen-bond acceptors (Lipinski definition) is 4. The molecule has 1 N–H and O–H groups in total. The van der Waals surface area contributed by atoms with Gasteiger partial charge in [-0.1, -0.05) is 30.3 Å². The molecule has 3 rings (SSSR count). The molecule has 6 nitrogen and oxygen atoms in total. The van der Waals surface area contributed by atoms with Crippen LogP contribution in [0.25, 0.3) is 0 Å². The summed E-state index contributed by atoms with van der Waals surface area (Å²) in [6, 6.07) is 14.6. The summed E-state index contributed by atoms with van der Waals surface area (Å²) < 4.78 is 5.05. The molecule has 1 aliphatic rings. The first-order valence-corrected chi connectivity index (χ1v) is 9.84. The third-order valence-electron chi connectivity index (χ3n) is 5.10. The number of likely N-dealkylation sites (tertiary alicyclic amines) is 1. The van der Waals surface area contributed by atoms with Gasteiger partial charge >= 0.3 is 5.97 Å². The molecule has 0 aliphatic carbocycles. The molecule has 0 spiro atoms. The molecule has 1 aliphatic heterocycles. The number of esters is 1. The van der Waals surface area contributed by atoms with E-state index in [1.54, 1.807) is 29.2 Å². The molecule has 0 saturated carbocycles. The van der Waals surface area contributed by atoms with Crippen LogP contribution in [0.15, 0.2) is 48.5 Å². The van der Waals surface area contributed by atoms with E-state index in [9.17, 15) is 14.4 Å². The first kappa shape index (κ1) is 20.6. The molecule has 1 saturated heterocycles. The lowest BCUT2D eigenvalue weighted by molar-refractivity contribution is -0.131. The van der Waals surface area contributed by atoms with Gasteiger partial charge in [-0.05, 0) is 49.1 Å². The lowest BCUT2D eigenvalue weighted by Gasteiger charge is -2.32. The summed E-state index contributed by atoms with van der Waals surface area (Å²) in [5.41, 5.74) is 2.63. The predicted molar refractivity (Wildman–Crippen MR) is 110 cm³/mol. The van der Waals surface area contributed by atoms with E-state index >= 15 is 0 Å². The molecule has 152 valence electrons. The summed E-state index contributed by atoms with van der Waals surface area (Å²) in [7, 11) is 0. The Balaban J connectivity index is 1.51. The normalized spacial score (nSPS) is 14.3. The Hall–Kier alpha value is -3.15. The van der Waals surface area contributed by atoms with Crippen LogP contribution < -0.4 is 10.1 Å². The van der Waals surface area contributed by atoms with Crippen molar-refractivity contribution in [2.75, 3.05) is 13.1 Å². The van der Waals surface area contributed by atoms with Crippen molar-refractivity contribution in [1.82, 2.24) is 10.2 Å². The monoisotopic (exact) mass is 394 g/mol. The Bertz CT molecular complexity index is 901. The predicted octanol–water partition coefficient (Wildman–Crippen LogP) is 2.88. The van der Waals surface area contributed by atoms with Crippen molar-refractivity contribution >= 4 is 17.8 Å². The van der Waals surface area contributed by atoms with Crippen molar-refractivity contribution in [3.05, 3.63) is 65.2 Å². The molecule has 0 unspecified atom stereocenters. The van der Waals surface area contributed by atoms with Gasteiger partial charge in [-0.2, -0.15) is 0 Å². The van der Waals surface area contributed by atoms with Crippen molar-refractivity contribution in [2.24, 2.45) is 0 Å². The zero-order chi connectivity index (χ0) is 20.8. The molecule has 2 amide bonds. The number of rotatable bonds is 5. The Labute approximate surface area is 170 Å². The van der Waals surface area contributed by atoms with E-state index in [4.69, 9.17) is 4.74 Å². The fraction of sp³-hybridized carbons (Fsp3) is 0.348. The first-order chi connectivity index (χ1) is 13.9. The van der Waals surface area contributed by atoms with Crippen LogP contribution in [0, 0.1) is 6.92 Å². The third kappa shape index (κ3) is 5.67. The van der Waals surface area contributed by atoms with Gasteiger partial charge in [0, 0.05) is 31.6 Å². The summed E-state index contributed by atoms with van der Waals surface area (Å²) in [5, 5.41) is 3.09. The molecule has 0 atom stereocenters. The maximum absolute atomic E-state index is 12.7. The second kappa shape index (κ2) is 9.37. The van der Waals surface area contributed by atoms with Crippen LogP contribution >= 0.6 is 0 Å². The molecular formula is C23H26N2O4. The summed E-state index contributed by atoms with van der Waals surface area (Å²) >= 11 is 0. The standard InChI is InChI=1S/C23H26N2O4/c1-16-6-3-4-7-18(16)15-22(27)24-20-10-12-25(13-11-20)23(28)19-8-5-9-21(14-19)29-17(2)26/h3-9,14,20H,10-13,15H2,1-2H3,(H,24,27). The Kier molecular flexibility index (Phi) is 6.65. The van der Waals surface area contributed by atoms with Gasteiger partial charge in [0.1, 0.15) is 5.75 Å². The number of nitrogens with one attached hydrogen (secondary N) is 1. The highest BCUT2D eigenvalue weighted by Gasteiger charge is 2.25. The molecule has 2 aromatic rings. The van der Waals surface area contributed by atoms with Crippen molar-refractivity contribution in [3.63, 3.8) is 0 Å². The van der Waals surface area contributed by atoms with Crippen molar-refractivity contribution in [1.29, 1.82) is 0 Å². The van der Waals surface area contributed by atoms with Gasteiger partial charge in [-0.3, -0.25) is 14.4 Å². The van der Waals surface area contributed by atoms with Crippen LogP contribution in [0.5, 0.6) is 5.75 Å². The van der Waals surface area contributed by atoms with Crippen LogP contribution in [0.1, 0.15) is 41.3 Å². The van der Waals surface area contributed by atoms with Gasteiger partial charge in [0.25, 0.3) is 5.91 Å². The van der Waals surface area contributed by atoms with Gasteiger partial charge in [0.2, 0.25) is 5.91 Å². The van der Waals surface area contributed by atoms with E-state index in [-0.39, 0.29) is 17.9 Å². The van der Waals surface area contributed by atoms with Gasteiger partial charge in [0.05, 0.1) is 6.42 Å². The largest absolute Gasteiger partial charge is 0.427 e. The molecule has 1 heterocycles. The molecule has 0 radical (unpaired) electrons. The summed E-state index contributed by atoms with van der Waals surface area (Å²) in [4.78, 5) is 38.0. The topological polar surface area (TPSA) is 75.7 Å². The van der Waals surface area contributed by atoms with E-state index in [1.165, 1.54) is 6.92 Å². The van der Waals surface area contributed by atoms with Gasteiger partial charge in [-0.25, -0.2) is 0 Å². The summed E-state index contributed by atoms with van der Waals surface area (Å²) in [6.45, 7) is 4.48. The molecular weight excluding hydrogens is 368 g/mol. The summed E-state index contributed by atoms with van der Waals surface area (Å²) in [5.74, 6) is -0.139. The minimum atomic E-state index is -0.420.